The highest BCUT2D eigenvalue weighted by atomic mass is 16.5. The number of methoxy groups -OCH3 is 1. The largest absolute Gasteiger partial charge is 0.378 e. The lowest BCUT2D eigenvalue weighted by Gasteiger charge is -2.12. The number of ether oxygens (including phenoxy) is 1. The van der Waals surface area contributed by atoms with E-state index in [1.165, 1.54) is 0 Å². The van der Waals surface area contributed by atoms with E-state index in [0.29, 0.717) is 18.3 Å². The summed E-state index contributed by atoms with van der Waals surface area (Å²) < 4.78 is 10.6. The van der Waals surface area contributed by atoms with Crippen LogP contribution in [-0.2, 0) is 16.7 Å². The summed E-state index contributed by atoms with van der Waals surface area (Å²) in [6.45, 7) is 8.70. The Morgan fingerprint density at radius 3 is 2.71 bits per heavy atom. The normalized spacial score (nSPS) is 13.2. The molecular weight excluding hydrogens is 266 g/mol. The number of nitrogens with zero attached hydrogens (tertiary/aromatic N) is 2. The molecule has 114 valence electrons. The maximum atomic E-state index is 5.33. The van der Waals surface area contributed by atoms with Gasteiger partial charge in [-0.05, 0) is 24.6 Å². The molecule has 0 amide bonds. The number of aromatic nitrogens is 2. The van der Waals surface area contributed by atoms with Gasteiger partial charge >= 0.3 is 0 Å². The van der Waals surface area contributed by atoms with Crippen LogP contribution >= 0.6 is 0 Å². The van der Waals surface area contributed by atoms with Crippen molar-refractivity contribution in [3.8, 4) is 0 Å². The van der Waals surface area contributed by atoms with E-state index in [9.17, 15) is 0 Å². The second-order valence-electron chi connectivity index (χ2n) is 6.12. The first kappa shape index (κ1) is 15.5. The second-order valence-corrected chi connectivity index (χ2v) is 6.12. The van der Waals surface area contributed by atoms with Crippen LogP contribution in [0.5, 0.6) is 0 Å². The van der Waals surface area contributed by atoms with Crippen molar-refractivity contribution in [2.75, 3.05) is 12.4 Å². The van der Waals surface area contributed by atoms with E-state index in [1.807, 2.05) is 45.9 Å². The number of anilines is 1. The van der Waals surface area contributed by atoms with E-state index in [-0.39, 0.29) is 11.5 Å². The van der Waals surface area contributed by atoms with Gasteiger partial charge in [-0.2, -0.15) is 4.98 Å². The molecule has 0 radical (unpaired) electrons. The summed E-state index contributed by atoms with van der Waals surface area (Å²) in [5.74, 6) is 1.31. The molecule has 0 spiro atoms. The minimum Gasteiger partial charge on any atom is -0.378 e. The molecule has 1 aromatic carbocycles. The molecule has 0 saturated carbocycles. The lowest BCUT2D eigenvalue weighted by atomic mass is 9.97. The van der Waals surface area contributed by atoms with Crippen LogP contribution in [0.25, 0.3) is 0 Å². The number of rotatable bonds is 5. The van der Waals surface area contributed by atoms with Crippen LogP contribution < -0.4 is 5.32 Å². The topological polar surface area (TPSA) is 60.2 Å². The molecular formula is C16H23N3O2. The van der Waals surface area contributed by atoms with Gasteiger partial charge in [-0.15, -0.1) is 0 Å². The molecule has 1 N–H and O–H groups in total. The zero-order valence-electron chi connectivity index (χ0n) is 13.3. The monoisotopic (exact) mass is 289 g/mol. The van der Waals surface area contributed by atoms with E-state index in [0.717, 1.165) is 11.3 Å². The second kappa shape index (κ2) is 6.26. The first-order chi connectivity index (χ1) is 9.90. The van der Waals surface area contributed by atoms with Crippen LogP contribution in [0, 0.1) is 0 Å². The summed E-state index contributed by atoms with van der Waals surface area (Å²) in [5, 5.41) is 7.30. The number of nitrogens with one attached hydrogen (secondary N) is 1. The highest BCUT2D eigenvalue weighted by Gasteiger charge is 2.21. The average molecular weight is 289 g/mol. The van der Waals surface area contributed by atoms with E-state index < -0.39 is 0 Å². The lowest BCUT2D eigenvalue weighted by molar-refractivity contribution is 0.119. The molecule has 5 nitrogen and oxygen atoms in total. The van der Waals surface area contributed by atoms with Crippen molar-refractivity contribution in [3.63, 3.8) is 0 Å². The minimum atomic E-state index is -0.126. The van der Waals surface area contributed by atoms with Crippen LogP contribution in [-0.4, -0.2) is 17.3 Å². The molecule has 0 saturated heterocycles. The standard InChI is InChI=1S/C16H23N3O2/c1-11(20-5)12-7-6-8-13(9-12)17-10-14-18-15(21-19-14)16(2,3)4/h6-9,11,17H,10H2,1-5H3/t11-/m1/s1. The Balaban J connectivity index is 2.01. The van der Waals surface area contributed by atoms with Gasteiger partial charge in [-0.3, -0.25) is 0 Å². The maximum Gasteiger partial charge on any atom is 0.232 e. The van der Waals surface area contributed by atoms with Crippen molar-refractivity contribution >= 4 is 5.69 Å². The fourth-order valence-electron chi connectivity index (χ4n) is 1.85. The van der Waals surface area contributed by atoms with Crippen molar-refractivity contribution in [2.24, 2.45) is 0 Å². The van der Waals surface area contributed by atoms with Gasteiger partial charge in [0.2, 0.25) is 5.89 Å². The van der Waals surface area contributed by atoms with Gasteiger partial charge in [-0.1, -0.05) is 38.1 Å². The minimum absolute atomic E-state index is 0.0735. The number of hydrogen-bond donors (Lipinski definition) is 1. The molecule has 0 bridgehead atoms. The molecule has 1 aromatic heterocycles. The van der Waals surface area contributed by atoms with E-state index in [1.54, 1.807) is 7.11 Å². The molecule has 0 fully saturated rings. The van der Waals surface area contributed by atoms with Gasteiger partial charge in [0.15, 0.2) is 5.82 Å². The van der Waals surface area contributed by atoms with Gasteiger partial charge in [-0.25, -0.2) is 0 Å². The molecule has 21 heavy (non-hydrogen) atoms. The zero-order valence-corrected chi connectivity index (χ0v) is 13.3. The molecule has 2 aromatic rings. The highest BCUT2D eigenvalue weighted by Crippen LogP contribution is 2.21. The Labute approximate surface area is 125 Å². The van der Waals surface area contributed by atoms with Crippen molar-refractivity contribution in [3.05, 3.63) is 41.5 Å². The molecule has 0 aliphatic carbocycles. The Morgan fingerprint density at radius 1 is 1.33 bits per heavy atom. The van der Waals surface area contributed by atoms with E-state index in [4.69, 9.17) is 9.26 Å². The molecule has 0 unspecified atom stereocenters. The first-order valence-electron chi connectivity index (χ1n) is 7.10. The van der Waals surface area contributed by atoms with Crippen molar-refractivity contribution in [1.82, 2.24) is 10.1 Å². The zero-order chi connectivity index (χ0) is 15.5. The van der Waals surface area contributed by atoms with Crippen LogP contribution in [0.4, 0.5) is 5.69 Å². The Morgan fingerprint density at radius 2 is 2.10 bits per heavy atom. The van der Waals surface area contributed by atoms with Gasteiger partial charge in [0.25, 0.3) is 0 Å². The van der Waals surface area contributed by atoms with Gasteiger partial charge in [0.1, 0.15) is 0 Å². The lowest BCUT2D eigenvalue weighted by Crippen LogP contribution is -2.12. The Bertz CT molecular complexity index is 587. The van der Waals surface area contributed by atoms with E-state index >= 15 is 0 Å². The summed E-state index contributed by atoms with van der Waals surface area (Å²) in [4.78, 5) is 4.41. The summed E-state index contributed by atoms with van der Waals surface area (Å²) in [6.07, 6.45) is 0.0735. The Kier molecular flexibility index (Phi) is 4.63. The predicted molar refractivity (Wildman–Crippen MR) is 82.2 cm³/mol. The summed E-state index contributed by atoms with van der Waals surface area (Å²) >= 11 is 0. The fraction of sp³-hybridized carbons (Fsp3) is 0.500. The molecule has 0 aliphatic heterocycles. The van der Waals surface area contributed by atoms with Crippen LogP contribution in [0.3, 0.4) is 0 Å². The van der Waals surface area contributed by atoms with Crippen molar-refractivity contribution in [2.45, 2.75) is 45.8 Å². The number of hydrogen-bond acceptors (Lipinski definition) is 5. The fourth-order valence-corrected chi connectivity index (χ4v) is 1.85. The van der Waals surface area contributed by atoms with Crippen LogP contribution in [0.15, 0.2) is 28.8 Å². The van der Waals surface area contributed by atoms with Crippen LogP contribution in [0.1, 0.15) is 51.1 Å². The van der Waals surface area contributed by atoms with Gasteiger partial charge < -0.3 is 14.6 Å². The van der Waals surface area contributed by atoms with E-state index in [2.05, 4.69) is 21.5 Å². The smallest absolute Gasteiger partial charge is 0.232 e. The molecule has 1 atom stereocenters. The molecule has 2 rings (SSSR count). The first-order valence-corrected chi connectivity index (χ1v) is 7.10. The third-order valence-corrected chi connectivity index (χ3v) is 3.27. The SMILES string of the molecule is CO[C@H](C)c1cccc(NCc2noc(C(C)(C)C)n2)c1. The quantitative estimate of drug-likeness (QED) is 0.909. The summed E-state index contributed by atoms with van der Waals surface area (Å²) in [5.41, 5.74) is 2.02. The average Bonchev–Trinajstić information content (AvgIpc) is 2.93. The number of benzene rings is 1. The Hall–Kier alpha value is -1.88. The molecule has 5 heteroatoms. The maximum absolute atomic E-state index is 5.33. The molecule has 1 heterocycles. The summed E-state index contributed by atoms with van der Waals surface area (Å²) in [7, 11) is 1.71. The van der Waals surface area contributed by atoms with Crippen molar-refractivity contribution < 1.29 is 9.26 Å². The predicted octanol–water partition coefficient (Wildman–Crippen LogP) is 3.69. The summed E-state index contributed by atoms with van der Waals surface area (Å²) in [6, 6.07) is 8.13. The molecule has 0 aliphatic rings. The van der Waals surface area contributed by atoms with Gasteiger partial charge in [0, 0.05) is 18.2 Å². The third-order valence-electron chi connectivity index (χ3n) is 3.27. The highest BCUT2D eigenvalue weighted by molar-refractivity contribution is 5.46. The third kappa shape index (κ3) is 4.04. The van der Waals surface area contributed by atoms with Crippen LogP contribution in [0.2, 0.25) is 0 Å². The van der Waals surface area contributed by atoms with Gasteiger partial charge in [0.05, 0.1) is 12.6 Å². The van der Waals surface area contributed by atoms with Crippen molar-refractivity contribution in [1.29, 1.82) is 0 Å².